The highest BCUT2D eigenvalue weighted by Crippen LogP contribution is 2.40. The monoisotopic (exact) mass is 373 g/mol. The number of pyridine rings is 2. The molecule has 1 saturated carbocycles. The molecule has 0 unspecified atom stereocenters. The molecule has 1 aliphatic rings. The molecule has 144 valence electrons. The highest BCUT2D eigenvalue weighted by molar-refractivity contribution is 6.02. The topological polar surface area (TPSA) is 111 Å². The molecule has 3 rings (SSSR count). The molecule has 27 heavy (non-hydrogen) atoms. The number of carbonyl (C=O) groups is 2. The minimum atomic E-state index is -0.841. The molecule has 0 atom stereocenters. The smallest absolute Gasteiger partial charge is 0.325 e. The van der Waals surface area contributed by atoms with E-state index in [2.05, 4.69) is 10.3 Å². The fourth-order valence-corrected chi connectivity index (χ4v) is 2.83. The minimum absolute atomic E-state index is 0.309. The van der Waals surface area contributed by atoms with Gasteiger partial charge in [0.25, 0.3) is 11.5 Å². The van der Waals surface area contributed by atoms with Crippen molar-refractivity contribution < 1.29 is 19.4 Å². The Balaban J connectivity index is 1.90. The van der Waals surface area contributed by atoms with Crippen molar-refractivity contribution in [3.05, 3.63) is 33.7 Å². The van der Waals surface area contributed by atoms with Crippen LogP contribution in [0.1, 0.15) is 55.6 Å². The summed E-state index contributed by atoms with van der Waals surface area (Å²) in [5, 5.41) is 13.1. The van der Waals surface area contributed by atoms with Crippen LogP contribution in [0.15, 0.2) is 16.9 Å². The average molecular weight is 373 g/mol. The van der Waals surface area contributed by atoms with E-state index in [0.29, 0.717) is 17.0 Å². The molecule has 1 amide bonds. The molecule has 0 saturated heterocycles. The summed E-state index contributed by atoms with van der Waals surface area (Å²) < 4.78 is 6.35. The quantitative estimate of drug-likeness (QED) is 0.788. The van der Waals surface area contributed by atoms with Gasteiger partial charge in [-0.2, -0.15) is 0 Å². The molecule has 2 N–H and O–H groups in total. The minimum Gasteiger partial charge on any atom is -0.506 e. The molecule has 1 fully saturated rings. The Hall–Kier alpha value is -2.90. The van der Waals surface area contributed by atoms with Crippen LogP contribution in [0, 0.1) is 0 Å². The van der Waals surface area contributed by atoms with Crippen LogP contribution in [0.3, 0.4) is 0 Å². The summed E-state index contributed by atoms with van der Waals surface area (Å²) in [5.41, 5.74) is -0.588. The van der Waals surface area contributed by atoms with Crippen molar-refractivity contribution >= 4 is 22.9 Å². The fourth-order valence-electron chi connectivity index (χ4n) is 2.83. The van der Waals surface area contributed by atoms with Crippen LogP contribution in [-0.2, 0) is 16.6 Å². The number of hydrogen-bond donors (Lipinski definition) is 2. The average Bonchev–Trinajstić information content (AvgIpc) is 3.41. The Labute approximate surface area is 156 Å². The number of esters is 1. The van der Waals surface area contributed by atoms with Gasteiger partial charge in [0.15, 0.2) is 0 Å². The van der Waals surface area contributed by atoms with Gasteiger partial charge in [-0.25, -0.2) is 4.98 Å². The summed E-state index contributed by atoms with van der Waals surface area (Å²) in [6.45, 7) is 4.72. The second-order valence-electron chi connectivity index (χ2n) is 7.74. The summed E-state index contributed by atoms with van der Waals surface area (Å²) >= 11 is 0. The molecule has 1 aliphatic carbocycles. The summed E-state index contributed by atoms with van der Waals surface area (Å²) in [7, 11) is 1.50. The van der Waals surface area contributed by atoms with Gasteiger partial charge in [-0.15, -0.1) is 0 Å². The largest absolute Gasteiger partial charge is 0.506 e. The van der Waals surface area contributed by atoms with Crippen LogP contribution in [0.4, 0.5) is 0 Å². The molecule has 2 heterocycles. The second-order valence-corrected chi connectivity index (χ2v) is 7.74. The first-order valence-corrected chi connectivity index (χ1v) is 8.81. The number of amides is 1. The Kier molecular flexibility index (Phi) is 4.67. The molecule has 0 aromatic carbocycles. The number of nitrogens with zero attached hydrogens (tertiary/aromatic N) is 2. The maximum Gasteiger partial charge on any atom is 0.325 e. The maximum atomic E-state index is 12.6. The number of ether oxygens (including phenoxy) is 1. The van der Waals surface area contributed by atoms with Crippen LogP contribution in [-0.4, -0.2) is 38.7 Å². The summed E-state index contributed by atoms with van der Waals surface area (Å²) in [5.74, 6) is -1.52. The van der Waals surface area contributed by atoms with Crippen molar-refractivity contribution in [1.82, 2.24) is 14.9 Å². The predicted octanol–water partition coefficient (Wildman–Crippen LogP) is 1.59. The van der Waals surface area contributed by atoms with Gasteiger partial charge in [0.1, 0.15) is 29.1 Å². The van der Waals surface area contributed by atoms with Gasteiger partial charge in [-0.1, -0.05) is 0 Å². The van der Waals surface area contributed by atoms with E-state index in [0.717, 1.165) is 18.5 Å². The van der Waals surface area contributed by atoms with Crippen LogP contribution in [0.25, 0.3) is 11.0 Å². The lowest BCUT2D eigenvalue weighted by atomic mass is 10.1. The van der Waals surface area contributed by atoms with Crippen molar-refractivity contribution in [2.75, 3.05) is 6.54 Å². The Morgan fingerprint density at radius 2 is 2.00 bits per heavy atom. The number of rotatable bonds is 4. The molecule has 8 heteroatoms. The normalized spacial score (nSPS) is 14.2. The van der Waals surface area contributed by atoms with Gasteiger partial charge in [-0.3, -0.25) is 19.0 Å². The van der Waals surface area contributed by atoms with Gasteiger partial charge in [0, 0.05) is 18.7 Å². The zero-order chi connectivity index (χ0) is 19.9. The van der Waals surface area contributed by atoms with Crippen molar-refractivity contribution in [3.8, 4) is 5.75 Å². The number of hydrogen-bond acceptors (Lipinski definition) is 6. The molecule has 2 aromatic heterocycles. The lowest BCUT2D eigenvalue weighted by molar-refractivity contribution is -0.153. The Bertz CT molecular complexity index is 983. The molecule has 2 aromatic rings. The van der Waals surface area contributed by atoms with E-state index < -0.39 is 40.9 Å². The molecular weight excluding hydrogens is 350 g/mol. The lowest BCUT2D eigenvalue weighted by Crippen LogP contribution is -2.37. The van der Waals surface area contributed by atoms with Crippen molar-refractivity contribution in [2.45, 2.75) is 45.1 Å². The molecule has 0 radical (unpaired) electrons. The van der Waals surface area contributed by atoms with E-state index in [1.807, 2.05) is 0 Å². The summed E-state index contributed by atoms with van der Waals surface area (Å²) in [6.07, 6.45) is 2.12. The van der Waals surface area contributed by atoms with Crippen molar-refractivity contribution in [2.24, 2.45) is 7.05 Å². The molecule has 8 nitrogen and oxygen atoms in total. The van der Waals surface area contributed by atoms with Crippen molar-refractivity contribution in [1.29, 1.82) is 0 Å². The van der Waals surface area contributed by atoms with E-state index >= 15 is 0 Å². The third-order valence-electron chi connectivity index (χ3n) is 4.26. The molecular formula is C19H23N3O5. The van der Waals surface area contributed by atoms with Crippen LogP contribution in [0.5, 0.6) is 5.75 Å². The Morgan fingerprint density at radius 3 is 2.59 bits per heavy atom. The number of aryl methyl sites for hydroxylation is 1. The van der Waals surface area contributed by atoms with E-state index in [9.17, 15) is 19.5 Å². The first-order chi connectivity index (χ1) is 12.6. The molecule has 0 spiro atoms. The van der Waals surface area contributed by atoms with E-state index in [1.165, 1.54) is 11.6 Å². The van der Waals surface area contributed by atoms with Gasteiger partial charge >= 0.3 is 5.97 Å². The predicted molar refractivity (Wildman–Crippen MR) is 98.8 cm³/mol. The number of aromatic hydroxyl groups is 1. The van der Waals surface area contributed by atoms with Crippen molar-refractivity contribution in [3.63, 3.8) is 0 Å². The molecule has 0 bridgehead atoms. The standard InChI is InChI=1S/C19H23N3O5/c1-19(2,3)27-13(23)9-20-17(25)14-15(24)11-7-8-12(10-5-6-10)21-16(11)22(4)18(14)26/h7-8,10,24H,5-6,9H2,1-4H3,(H,20,25). The third kappa shape index (κ3) is 3.94. The highest BCUT2D eigenvalue weighted by Gasteiger charge is 2.27. The van der Waals surface area contributed by atoms with Gasteiger partial charge in [-0.05, 0) is 45.7 Å². The molecule has 0 aliphatic heterocycles. The summed E-state index contributed by atoms with van der Waals surface area (Å²) in [4.78, 5) is 41.3. The summed E-state index contributed by atoms with van der Waals surface area (Å²) in [6, 6.07) is 3.46. The lowest BCUT2D eigenvalue weighted by Gasteiger charge is -2.19. The number of fused-ring (bicyclic) bond motifs is 1. The zero-order valence-corrected chi connectivity index (χ0v) is 15.8. The second kappa shape index (κ2) is 6.68. The number of aromatic nitrogens is 2. The fraction of sp³-hybridized carbons (Fsp3) is 0.474. The van der Waals surface area contributed by atoms with E-state index in [-0.39, 0.29) is 0 Å². The highest BCUT2D eigenvalue weighted by atomic mass is 16.6. The van der Waals surface area contributed by atoms with Gasteiger partial charge in [0.2, 0.25) is 0 Å². The first-order valence-electron chi connectivity index (χ1n) is 8.81. The van der Waals surface area contributed by atoms with Gasteiger partial charge < -0.3 is 15.2 Å². The van der Waals surface area contributed by atoms with Crippen LogP contribution in [0.2, 0.25) is 0 Å². The van der Waals surface area contributed by atoms with E-state index in [1.54, 1.807) is 32.9 Å². The first kappa shape index (κ1) is 18.9. The number of nitrogens with one attached hydrogen (secondary N) is 1. The SMILES string of the molecule is Cn1c(=O)c(C(=O)NCC(=O)OC(C)(C)C)c(O)c2ccc(C3CC3)nc21. The Morgan fingerprint density at radius 1 is 1.33 bits per heavy atom. The van der Waals surface area contributed by atoms with Gasteiger partial charge in [0.05, 0.1) is 5.39 Å². The van der Waals surface area contributed by atoms with E-state index in [4.69, 9.17) is 4.74 Å². The van der Waals surface area contributed by atoms with Crippen LogP contribution >= 0.6 is 0 Å². The zero-order valence-electron chi connectivity index (χ0n) is 15.8. The third-order valence-corrected chi connectivity index (χ3v) is 4.26. The van der Waals surface area contributed by atoms with Crippen LogP contribution < -0.4 is 10.9 Å². The maximum absolute atomic E-state index is 12.6. The number of carbonyl (C=O) groups excluding carboxylic acids is 2.